The van der Waals surface area contributed by atoms with E-state index >= 15 is 0 Å². The largest absolute Gasteiger partial charge is 0.455 e. The first-order valence-electron chi connectivity index (χ1n) is 10.7. The van der Waals surface area contributed by atoms with Crippen molar-refractivity contribution in [3.8, 4) is 11.5 Å². The second kappa shape index (κ2) is 10.2. The van der Waals surface area contributed by atoms with E-state index < -0.39 is 0 Å². The van der Waals surface area contributed by atoms with E-state index in [2.05, 4.69) is 25.5 Å². The number of H-pyrrole nitrogens is 1. The molecule has 0 bridgehead atoms. The Bertz CT molecular complexity index is 1370. The lowest BCUT2D eigenvalue weighted by atomic mass is 10.3. The summed E-state index contributed by atoms with van der Waals surface area (Å²) in [5.74, 6) is 2.56. The first-order valence-corrected chi connectivity index (χ1v) is 11.7. The number of amides is 1. The van der Waals surface area contributed by atoms with Gasteiger partial charge >= 0.3 is 0 Å². The van der Waals surface area contributed by atoms with Gasteiger partial charge in [0.05, 0.1) is 22.5 Å². The molecule has 5 rings (SSSR count). The second-order valence-corrected chi connectivity index (χ2v) is 8.34. The zero-order valence-electron chi connectivity index (χ0n) is 18.1. The van der Waals surface area contributed by atoms with Crippen molar-refractivity contribution in [1.29, 1.82) is 0 Å². The molecule has 2 heterocycles. The van der Waals surface area contributed by atoms with Crippen molar-refractivity contribution in [2.24, 2.45) is 0 Å². The molecule has 2 aromatic heterocycles. The summed E-state index contributed by atoms with van der Waals surface area (Å²) >= 11 is 1.19. The highest BCUT2D eigenvalue weighted by atomic mass is 32.2. The van der Waals surface area contributed by atoms with E-state index in [0.717, 1.165) is 16.9 Å². The summed E-state index contributed by atoms with van der Waals surface area (Å²) in [6, 6.07) is 24.6. The number of carbonyl (C=O) groups excluding carboxylic acids is 1. The van der Waals surface area contributed by atoms with E-state index in [1.54, 1.807) is 6.07 Å². The molecule has 3 aromatic carbocycles. The lowest BCUT2D eigenvalue weighted by Gasteiger charge is -2.11. The van der Waals surface area contributed by atoms with Crippen LogP contribution in [0.15, 0.2) is 88.5 Å². The average molecular weight is 472 g/mol. The molecule has 2 N–H and O–H groups in total. The number of aromatic nitrogens is 4. The van der Waals surface area contributed by atoms with Crippen LogP contribution in [0.25, 0.3) is 11.0 Å². The molecule has 0 aliphatic carbocycles. The molecular formula is C25H21N5O3S. The van der Waals surface area contributed by atoms with Crippen molar-refractivity contribution in [3.63, 3.8) is 0 Å². The molecule has 170 valence electrons. The number of nitrogens with zero attached hydrogens (tertiary/aromatic N) is 3. The summed E-state index contributed by atoms with van der Waals surface area (Å²) in [4.78, 5) is 20.3. The summed E-state index contributed by atoms with van der Waals surface area (Å²) in [5, 5.41) is 11.3. The van der Waals surface area contributed by atoms with Crippen molar-refractivity contribution in [1.82, 2.24) is 20.2 Å². The number of ether oxygens (including phenoxy) is 1. The van der Waals surface area contributed by atoms with Gasteiger partial charge in [-0.2, -0.15) is 0 Å². The molecule has 8 nitrogen and oxygen atoms in total. The topological polar surface area (TPSA) is 106 Å². The van der Waals surface area contributed by atoms with Gasteiger partial charge in [-0.1, -0.05) is 54.2 Å². The molecule has 0 fully saturated rings. The van der Waals surface area contributed by atoms with Gasteiger partial charge in [-0.05, 0) is 36.4 Å². The van der Waals surface area contributed by atoms with Crippen molar-refractivity contribution >= 4 is 34.4 Å². The monoisotopic (exact) mass is 471 g/mol. The zero-order valence-corrected chi connectivity index (χ0v) is 18.9. The van der Waals surface area contributed by atoms with Gasteiger partial charge in [0.1, 0.15) is 11.6 Å². The van der Waals surface area contributed by atoms with E-state index in [9.17, 15) is 4.79 Å². The van der Waals surface area contributed by atoms with Gasteiger partial charge in [0.25, 0.3) is 5.22 Å². The maximum Gasteiger partial charge on any atom is 0.277 e. The van der Waals surface area contributed by atoms with Crippen LogP contribution in [0.4, 0.5) is 5.69 Å². The van der Waals surface area contributed by atoms with Gasteiger partial charge in [-0.25, -0.2) is 4.98 Å². The van der Waals surface area contributed by atoms with Crippen LogP contribution in [-0.2, 0) is 17.6 Å². The molecule has 34 heavy (non-hydrogen) atoms. The maximum atomic E-state index is 12.5. The number of carbonyl (C=O) groups is 1. The third kappa shape index (κ3) is 5.44. The Labute approximate surface area is 199 Å². The van der Waals surface area contributed by atoms with Crippen LogP contribution in [0.5, 0.6) is 11.5 Å². The standard InChI is InChI=1S/C25H21N5O3S/c31-23(28-20-12-6-7-13-21(20)32-17-8-2-1-3-9-17)16-34-25-30-29-24(33-25)15-14-22-26-18-10-4-5-11-19(18)27-22/h1-13H,14-16H2,(H,26,27)(H,28,31). The third-order valence-electron chi connectivity index (χ3n) is 4.92. The van der Waals surface area contributed by atoms with E-state index in [1.807, 2.05) is 72.8 Å². The molecule has 0 aliphatic rings. The highest BCUT2D eigenvalue weighted by Gasteiger charge is 2.13. The smallest absolute Gasteiger partial charge is 0.277 e. The van der Waals surface area contributed by atoms with Crippen molar-refractivity contribution < 1.29 is 13.9 Å². The Hall–Kier alpha value is -4.11. The van der Waals surface area contributed by atoms with Crippen molar-refractivity contribution in [3.05, 3.63) is 90.6 Å². The van der Waals surface area contributed by atoms with Crippen LogP contribution in [0.2, 0.25) is 0 Å². The van der Waals surface area contributed by atoms with Gasteiger partial charge < -0.3 is 19.5 Å². The number of nitrogens with one attached hydrogen (secondary N) is 2. The molecule has 5 aromatic rings. The Balaban J connectivity index is 1.13. The molecule has 0 radical (unpaired) electrons. The normalized spacial score (nSPS) is 10.9. The highest BCUT2D eigenvalue weighted by Crippen LogP contribution is 2.29. The molecule has 0 aliphatic heterocycles. The lowest BCUT2D eigenvalue weighted by Crippen LogP contribution is -2.14. The minimum atomic E-state index is -0.198. The predicted molar refractivity (Wildman–Crippen MR) is 130 cm³/mol. The number of imidazole rings is 1. The van der Waals surface area contributed by atoms with E-state index in [0.29, 0.717) is 41.1 Å². The van der Waals surface area contributed by atoms with Gasteiger partial charge in [-0.3, -0.25) is 4.79 Å². The van der Waals surface area contributed by atoms with Gasteiger partial charge in [-0.15, -0.1) is 10.2 Å². The van der Waals surface area contributed by atoms with E-state index in [4.69, 9.17) is 9.15 Å². The molecular weight excluding hydrogens is 450 g/mol. The molecule has 0 saturated carbocycles. The van der Waals surface area contributed by atoms with Gasteiger partial charge in [0.2, 0.25) is 11.8 Å². The first kappa shape index (κ1) is 21.7. The molecule has 0 saturated heterocycles. The minimum absolute atomic E-state index is 0.130. The lowest BCUT2D eigenvalue weighted by molar-refractivity contribution is -0.113. The number of hydrogen-bond acceptors (Lipinski definition) is 7. The predicted octanol–water partition coefficient (Wildman–Crippen LogP) is 5.25. The third-order valence-corrected chi connectivity index (χ3v) is 5.74. The SMILES string of the molecule is O=C(CSc1nnc(CCc2nc3ccccc3[nH]2)o1)Nc1ccccc1Oc1ccccc1. The molecule has 9 heteroatoms. The molecule has 1 amide bonds. The molecule has 0 atom stereocenters. The van der Waals surface area contributed by atoms with E-state index in [1.165, 1.54) is 11.8 Å². The molecule has 0 spiro atoms. The number of fused-ring (bicyclic) bond motifs is 1. The quantitative estimate of drug-likeness (QED) is 0.283. The van der Waals surface area contributed by atoms with Crippen LogP contribution in [-0.4, -0.2) is 31.8 Å². The zero-order chi connectivity index (χ0) is 23.2. The number of para-hydroxylation sites is 5. The van der Waals surface area contributed by atoms with Crippen LogP contribution in [0, 0.1) is 0 Å². The Morgan fingerprint density at radius 3 is 2.62 bits per heavy atom. The number of thioether (sulfide) groups is 1. The van der Waals surface area contributed by atoms with Crippen LogP contribution in [0.3, 0.4) is 0 Å². The highest BCUT2D eigenvalue weighted by molar-refractivity contribution is 7.99. The van der Waals surface area contributed by atoms with E-state index in [-0.39, 0.29) is 11.7 Å². The Morgan fingerprint density at radius 1 is 0.941 bits per heavy atom. The fraction of sp³-hybridized carbons (Fsp3) is 0.120. The second-order valence-electron chi connectivity index (χ2n) is 7.41. The van der Waals surface area contributed by atoms with Gasteiger partial charge in [0, 0.05) is 12.8 Å². The Kier molecular flexibility index (Phi) is 6.53. The van der Waals surface area contributed by atoms with Crippen LogP contribution < -0.4 is 10.1 Å². The minimum Gasteiger partial charge on any atom is -0.455 e. The van der Waals surface area contributed by atoms with Crippen LogP contribution >= 0.6 is 11.8 Å². The number of benzene rings is 3. The summed E-state index contributed by atoms with van der Waals surface area (Å²) < 4.78 is 11.6. The maximum absolute atomic E-state index is 12.5. The average Bonchev–Trinajstić information content (AvgIpc) is 3.50. The Morgan fingerprint density at radius 2 is 1.74 bits per heavy atom. The van der Waals surface area contributed by atoms with Crippen molar-refractivity contribution in [2.75, 3.05) is 11.1 Å². The fourth-order valence-corrected chi connectivity index (χ4v) is 3.92. The number of aromatic amines is 1. The number of aryl methyl sites for hydroxylation is 2. The van der Waals surface area contributed by atoms with Gasteiger partial charge in [0.15, 0.2) is 5.75 Å². The van der Waals surface area contributed by atoms with Crippen LogP contribution in [0.1, 0.15) is 11.7 Å². The number of anilines is 1. The number of hydrogen-bond donors (Lipinski definition) is 2. The summed E-state index contributed by atoms with van der Waals surface area (Å²) in [5.41, 5.74) is 2.52. The van der Waals surface area contributed by atoms with Crippen molar-refractivity contribution in [2.45, 2.75) is 18.1 Å². The summed E-state index contributed by atoms with van der Waals surface area (Å²) in [6.45, 7) is 0. The first-order chi connectivity index (χ1) is 16.7. The number of rotatable bonds is 9. The molecule has 0 unspecified atom stereocenters. The summed E-state index contributed by atoms with van der Waals surface area (Å²) in [7, 11) is 0. The summed E-state index contributed by atoms with van der Waals surface area (Å²) in [6.07, 6.45) is 1.21. The fourth-order valence-electron chi connectivity index (χ4n) is 3.33.